The second-order valence-corrected chi connectivity index (χ2v) is 6.16. The van der Waals surface area contributed by atoms with E-state index in [1.807, 2.05) is 0 Å². The highest BCUT2D eigenvalue weighted by Gasteiger charge is 1.94. The Bertz CT molecular complexity index is 219. The molecular formula is C18H36NO2-. The lowest BCUT2D eigenvalue weighted by atomic mass is 10.0. The minimum Gasteiger partial charge on any atom is -0.530 e. The molecule has 0 aliphatic carbocycles. The second-order valence-electron chi connectivity index (χ2n) is 6.16. The summed E-state index contributed by atoms with van der Waals surface area (Å²) >= 11 is 0. The average molecular weight is 298 g/mol. The minimum atomic E-state index is -1.15. The van der Waals surface area contributed by atoms with E-state index in [9.17, 15) is 9.90 Å². The maximum atomic E-state index is 10.1. The molecular weight excluding hydrogens is 262 g/mol. The van der Waals surface area contributed by atoms with Gasteiger partial charge in [0, 0.05) is 6.54 Å². The van der Waals surface area contributed by atoms with Gasteiger partial charge < -0.3 is 15.2 Å². The van der Waals surface area contributed by atoms with E-state index in [-0.39, 0.29) is 0 Å². The molecule has 0 aromatic rings. The molecule has 0 heterocycles. The van der Waals surface area contributed by atoms with Gasteiger partial charge in [0.15, 0.2) is 0 Å². The maximum absolute atomic E-state index is 10.1. The van der Waals surface area contributed by atoms with Crippen molar-refractivity contribution in [2.45, 2.75) is 103 Å². The molecule has 3 nitrogen and oxygen atoms in total. The van der Waals surface area contributed by atoms with E-state index in [1.165, 1.54) is 83.5 Å². The molecule has 0 saturated heterocycles. The van der Waals surface area contributed by atoms with Crippen molar-refractivity contribution in [1.29, 1.82) is 0 Å². The standard InChI is InChI=1S/C18H37NO2/c1-2-3-4-5-6-7-8-9-10-11-12-13-14-15-16-17-19-18(20)21/h19H,2-17H2,1H3,(H,20,21)/p-1. The fourth-order valence-corrected chi connectivity index (χ4v) is 2.69. The zero-order valence-corrected chi connectivity index (χ0v) is 14.1. The third-order valence-electron chi connectivity index (χ3n) is 4.05. The van der Waals surface area contributed by atoms with Gasteiger partial charge in [0.2, 0.25) is 0 Å². The molecule has 0 fully saturated rings. The minimum absolute atomic E-state index is 0.542. The molecule has 0 saturated carbocycles. The number of rotatable bonds is 16. The second kappa shape index (κ2) is 17.3. The summed E-state index contributed by atoms with van der Waals surface area (Å²) in [5.74, 6) is 0. The first-order valence-corrected chi connectivity index (χ1v) is 9.22. The van der Waals surface area contributed by atoms with Crippen molar-refractivity contribution < 1.29 is 9.90 Å². The smallest absolute Gasteiger partial charge is 0.134 e. The van der Waals surface area contributed by atoms with Crippen LogP contribution in [0.25, 0.3) is 0 Å². The van der Waals surface area contributed by atoms with E-state index in [2.05, 4.69) is 12.2 Å². The Balaban J connectivity index is 2.95. The SMILES string of the molecule is CCCCCCCCCCCCCCCCCNC(=O)[O-]. The highest BCUT2D eigenvalue weighted by Crippen LogP contribution is 2.13. The summed E-state index contributed by atoms with van der Waals surface area (Å²) in [5.41, 5.74) is 0. The van der Waals surface area contributed by atoms with Crippen LogP contribution in [0, 0.1) is 0 Å². The van der Waals surface area contributed by atoms with Crippen LogP contribution in [0.3, 0.4) is 0 Å². The van der Waals surface area contributed by atoms with Crippen molar-refractivity contribution in [2.75, 3.05) is 6.54 Å². The van der Waals surface area contributed by atoms with Crippen molar-refractivity contribution in [3.63, 3.8) is 0 Å². The first-order chi connectivity index (χ1) is 10.3. The molecule has 1 N–H and O–H groups in total. The molecule has 0 aromatic carbocycles. The fraction of sp³-hybridized carbons (Fsp3) is 0.944. The van der Waals surface area contributed by atoms with E-state index < -0.39 is 6.09 Å². The van der Waals surface area contributed by atoms with Crippen LogP contribution in [0.2, 0.25) is 0 Å². The van der Waals surface area contributed by atoms with Gasteiger partial charge in [-0.05, 0) is 6.42 Å². The van der Waals surface area contributed by atoms with Crippen LogP contribution >= 0.6 is 0 Å². The maximum Gasteiger partial charge on any atom is 0.134 e. The number of hydrogen-bond acceptors (Lipinski definition) is 2. The Morgan fingerprint density at radius 3 is 1.33 bits per heavy atom. The van der Waals surface area contributed by atoms with Crippen LogP contribution in [0.5, 0.6) is 0 Å². The van der Waals surface area contributed by atoms with Crippen molar-refractivity contribution in [3.8, 4) is 0 Å². The van der Waals surface area contributed by atoms with E-state index in [0.717, 1.165) is 12.8 Å². The van der Waals surface area contributed by atoms with Crippen molar-refractivity contribution in [1.82, 2.24) is 5.32 Å². The first kappa shape index (κ1) is 20.3. The number of amides is 1. The van der Waals surface area contributed by atoms with Gasteiger partial charge in [-0.3, -0.25) is 0 Å². The van der Waals surface area contributed by atoms with E-state index >= 15 is 0 Å². The van der Waals surface area contributed by atoms with Gasteiger partial charge in [-0.15, -0.1) is 0 Å². The summed E-state index contributed by atoms with van der Waals surface area (Å²) in [6, 6.07) is 0. The van der Waals surface area contributed by atoms with Crippen LogP contribution in [0.1, 0.15) is 103 Å². The van der Waals surface area contributed by atoms with E-state index in [1.54, 1.807) is 0 Å². The molecule has 0 aromatic heterocycles. The molecule has 3 heteroatoms. The Morgan fingerprint density at radius 1 is 0.667 bits per heavy atom. The van der Waals surface area contributed by atoms with Crippen LogP contribution < -0.4 is 10.4 Å². The molecule has 1 amide bonds. The van der Waals surface area contributed by atoms with Gasteiger partial charge in [-0.2, -0.15) is 0 Å². The lowest BCUT2D eigenvalue weighted by Crippen LogP contribution is -2.36. The molecule has 126 valence electrons. The number of unbranched alkanes of at least 4 members (excludes halogenated alkanes) is 14. The Hall–Kier alpha value is -0.730. The molecule has 21 heavy (non-hydrogen) atoms. The zero-order chi connectivity index (χ0) is 15.6. The average Bonchev–Trinajstić information content (AvgIpc) is 2.46. The van der Waals surface area contributed by atoms with Gasteiger partial charge >= 0.3 is 0 Å². The Labute approximate surface area is 131 Å². The van der Waals surface area contributed by atoms with Crippen LogP contribution in [-0.4, -0.2) is 12.6 Å². The summed E-state index contributed by atoms with van der Waals surface area (Å²) in [6.45, 7) is 2.81. The van der Waals surface area contributed by atoms with E-state index in [0.29, 0.717) is 6.54 Å². The third kappa shape index (κ3) is 19.3. The van der Waals surface area contributed by atoms with Crippen molar-refractivity contribution in [3.05, 3.63) is 0 Å². The highest BCUT2D eigenvalue weighted by atomic mass is 16.4. The molecule has 0 bridgehead atoms. The Morgan fingerprint density at radius 2 is 1.00 bits per heavy atom. The van der Waals surface area contributed by atoms with Gasteiger partial charge in [0.25, 0.3) is 0 Å². The molecule has 0 rings (SSSR count). The van der Waals surface area contributed by atoms with Gasteiger partial charge in [0.1, 0.15) is 6.09 Å². The quantitative estimate of drug-likeness (QED) is 0.416. The third-order valence-corrected chi connectivity index (χ3v) is 4.05. The van der Waals surface area contributed by atoms with Gasteiger partial charge in [-0.1, -0.05) is 96.8 Å². The molecule has 0 aliphatic rings. The van der Waals surface area contributed by atoms with Crippen LogP contribution in [-0.2, 0) is 0 Å². The summed E-state index contributed by atoms with van der Waals surface area (Å²) in [7, 11) is 0. The first-order valence-electron chi connectivity index (χ1n) is 9.22. The topological polar surface area (TPSA) is 52.2 Å². The molecule has 0 unspecified atom stereocenters. The highest BCUT2D eigenvalue weighted by molar-refractivity contribution is 5.61. The van der Waals surface area contributed by atoms with Crippen molar-refractivity contribution >= 4 is 6.09 Å². The fourth-order valence-electron chi connectivity index (χ4n) is 2.69. The largest absolute Gasteiger partial charge is 0.530 e. The molecule has 0 radical (unpaired) electrons. The molecule has 0 atom stereocenters. The molecule has 0 spiro atoms. The summed E-state index contributed by atoms with van der Waals surface area (Å²) in [4.78, 5) is 10.1. The lowest BCUT2D eigenvalue weighted by molar-refractivity contribution is -0.250. The monoisotopic (exact) mass is 298 g/mol. The number of carboxylic acid groups (broad SMARTS) is 1. The predicted octanol–water partition coefficient (Wildman–Crippen LogP) is 4.79. The normalized spacial score (nSPS) is 10.7. The summed E-state index contributed by atoms with van der Waals surface area (Å²) in [6.07, 6.45) is 18.8. The number of nitrogens with one attached hydrogen (secondary N) is 1. The predicted molar refractivity (Wildman–Crippen MR) is 88.3 cm³/mol. The zero-order valence-electron chi connectivity index (χ0n) is 14.1. The van der Waals surface area contributed by atoms with Gasteiger partial charge in [0.05, 0.1) is 0 Å². The lowest BCUT2D eigenvalue weighted by Gasteiger charge is -2.06. The number of carbonyl (C=O) groups is 1. The van der Waals surface area contributed by atoms with Crippen LogP contribution in [0.15, 0.2) is 0 Å². The Kier molecular flexibility index (Phi) is 16.7. The van der Waals surface area contributed by atoms with Crippen molar-refractivity contribution in [2.24, 2.45) is 0 Å². The summed E-state index contributed by atoms with van der Waals surface area (Å²) in [5, 5.41) is 12.4. The van der Waals surface area contributed by atoms with Gasteiger partial charge in [-0.25, -0.2) is 0 Å². The number of carbonyl (C=O) groups excluding carboxylic acids is 1. The summed E-state index contributed by atoms with van der Waals surface area (Å²) < 4.78 is 0. The number of hydrogen-bond donors (Lipinski definition) is 1. The van der Waals surface area contributed by atoms with E-state index in [4.69, 9.17) is 0 Å². The molecule has 0 aliphatic heterocycles. The van der Waals surface area contributed by atoms with Crippen LogP contribution in [0.4, 0.5) is 4.79 Å².